The molecule has 5 heteroatoms. The van der Waals surface area contributed by atoms with E-state index in [1.165, 1.54) is 33.4 Å². The van der Waals surface area contributed by atoms with E-state index in [2.05, 4.69) is 172 Å². The Balaban J connectivity index is 0.940. The van der Waals surface area contributed by atoms with Crippen molar-refractivity contribution in [1.29, 1.82) is 0 Å². The van der Waals surface area contributed by atoms with Crippen molar-refractivity contribution in [2.24, 2.45) is 0 Å². The molecule has 0 saturated heterocycles. The average Bonchev–Trinajstić information content (AvgIpc) is 4.01. The van der Waals surface area contributed by atoms with Crippen LogP contribution in [0.15, 0.2) is 209 Å². The lowest BCUT2D eigenvalue weighted by molar-refractivity contribution is 0.660. The van der Waals surface area contributed by atoms with E-state index in [4.69, 9.17) is 23.8 Å². The molecule has 0 aliphatic heterocycles. The maximum Gasteiger partial charge on any atom is 0.164 e. The standard InChI is InChI=1S/C60H39N3O2/c1-60(2)49-21-8-6-18-46(49)55-43(19-11-22-50(55)60)38-27-25-37(26-28-38)40-30-32-52-48(34-40)56-47(20-12-24-53(56)64-52)59-62-57(41-16-10-15-39(33-41)36-13-4-3-5-14-36)61-58(63-59)42-29-31-45-44-17-7-9-23-51(44)65-54(45)35-42/h3-35H,1-2H3. The van der Waals surface area contributed by atoms with Gasteiger partial charge in [-0.3, -0.25) is 0 Å². The fourth-order valence-electron chi connectivity index (χ4n) is 10.1. The first-order chi connectivity index (χ1) is 31.9. The summed E-state index contributed by atoms with van der Waals surface area (Å²) in [5, 5.41) is 4.08. The molecular formula is C60H39N3O2. The minimum absolute atomic E-state index is 0.0504. The van der Waals surface area contributed by atoms with E-state index >= 15 is 0 Å². The van der Waals surface area contributed by atoms with E-state index in [1.807, 2.05) is 42.5 Å². The highest BCUT2D eigenvalue weighted by Gasteiger charge is 2.36. The Labute approximate surface area is 375 Å². The van der Waals surface area contributed by atoms with Crippen LogP contribution in [0.5, 0.6) is 0 Å². The molecule has 3 aromatic heterocycles. The number of hydrogen-bond donors (Lipinski definition) is 0. The van der Waals surface area contributed by atoms with Crippen molar-refractivity contribution in [3.8, 4) is 78.7 Å². The van der Waals surface area contributed by atoms with Crippen LogP contribution in [0, 0.1) is 0 Å². The molecule has 12 aromatic rings. The maximum atomic E-state index is 6.56. The van der Waals surface area contributed by atoms with Gasteiger partial charge in [0.1, 0.15) is 22.3 Å². The quantitative estimate of drug-likeness (QED) is 0.167. The predicted molar refractivity (Wildman–Crippen MR) is 265 cm³/mol. The van der Waals surface area contributed by atoms with Crippen LogP contribution in [-0.4, -0.2) is 15.0 Å². The fourth-order valence-corrected chi connectivity index (χ4v) is 10.1. The Hall–Kier alpha value is -8.41. The van der Waals surface area contributed by atoms with Gasteiger partial charge >= 0.3 is 0 Å². The molecule has 0 amide bonds. The van der Waals surface area contributed by atoms with Crippen LogP contribution in [-0.2, 0) is 5.41 Å². The molecule has 0 radical (unpaired) electrons. The molecule has 3 heterocycles. The summed E-state index contributed by atoms with van der Waals surface area (Å²) in [5.74, 6) is 1.69. The summed E-state index contributed by atoms with van der Waals surface area (Å²) < 4.78 is 12.9. The zero-order valence-electron chi connectivity index (χ0n) is 35.7. The number of nitrogens with zero attached hydrogens (tertiary/aromatic N) is 3. The summed E-state index contributed by atoms with van der Waals surface area (Å²) in [4.78, 5) is 15.6. The summed E-state index contributed by atoms with van der Waals surface area (Å²) in [6.07, 6.45) is 0. The van der Waals surface area contributed by atoms with Gasteiger partial charge in [0.2, 0.25) is 0 Å². The van der Waals surface area contributed by atoms with Gasteiger partial charge in [0, 0.05) is 43.7 Å². The molecule has 0 fully saturated rings. The van der Waals surface area contributed by atoms with Gasteiger partial charge in [-0.25, -0.2) is 15.0 Å². The third-order valence-corrected chi connectivity index (χ3v) is 13.4. The van der Waals surface area contributed by atoms with Crippen LogP contribution in [0.4, 0.5) is 0 Å². The topological polar surface area (TPSA) is 65.0 Å². The van der Waals surface area contributed by atoms with E-state index in [1.54, 1.807) is 0 Å². The van der Waals surface area contributed by atoms with Crippen LogP contribution >= 0.6 is 0 Å². The lowest BCUT2D eigenvalue weighted by Gasteiger charge is -2.21. The van der Waals surface area contributed by atoms with E-state index in [0.29, 0.717) is 17.5 Å². The molecule has 5 nitrogen and oxygen atoms in total. The Kier molecular flexibility index (Phi) is 8.18. The molecule has 0 bridgehead atoms. The molecule has 0 unspecified atom stereocenters. The van der Waals surface area contributed by atoms with Crippen molar-refractivity contribution >= 4 is 43.9 Å². The molecule has 1 aliphatic carbocycles. The monoisotopic (exact) mass is 833 g/mol. The van der Waals surface area contributed by atoms with Crippen LogP contribution in [0.3, 0.4) is 0 Å². The van der Waals surface area contributed by atoms with Crippen LogP contribution in [0.25, 0.3) is 123 Å². The summed E-state index contributed by atoms with van der Waals surface area (Å²) in [7, 11) is 0. The fraction of sp³-hybridized carbons (Fsp3) is 0.0500. The largest absolute Gasteiger partial charge is 0.456 e. The highest BCUT2D eigenvalue weighted by molar-refractivity contribution is 6.13. The SMILES string of the molecule is CC1(C)c2ccccc2-c2c(-c3ccc(-c4ccc5oc6cccc(-c7nc(-c8cccc(-c9ccccc9)c8)nc(-c8ccc9c(c8)oc8ccccc89)n7)c6c5c4)cc3)cccc21. The first-order valence-corrected chi connectivity index (χ1v) is 22.1. The molecular weight excluding hydrogens is 795 g/mol. The predicted octanol–water partition coefficient (Wildman–Crippen LogP) is 16.0. The number of hydrogen-bond acceptors (Lipinski definition) is 5. The summed E-state index contributed by atoms with van der Waals surface area (Å²) >= 11 is 0. The van der Waals surface area contributed by atoms with Crippen molar-refractivity contribution in [3.63, 3.8) is 0 Å². The molecule has 65 heavy (non-hydrogen) atoms. The van der Waals surface area contributed by atoms with Crippen molar-refractivity contribution in [2.45, 2.75) is 19.3 Å². The second-order valence-corrected chi connectivity index (χ2v) is 17.5. The number of furan rings is 2. The molecule has 0 atom stereocenters. The van der Waals surface area contributed by atoms with E-state index in [0.717, 1.165) is 82.8 Å². The van der Waals surface area contributed by atoms with E-state index in [-0.39, 0.29) is 5.41 Å². The highest BCUT2D eigenvalue weighted by Crippen LogP contribution is 2.52. The number of rotatable bonds is 6. The second-order valence-electron chi connectivity index (χ2n) is 17.5. The van der Waals surface area contributed by atoms with Crippen LogP contribution in [0.2, 0.25) is 0 Å². The van der Waals surface area contributed by atoms with Crippen molar-refractivity contribution in [3.05, 3.63) is 211 Å². The minimum Gasteiger partial charge on any atom is -0.456 e. The third kappa shape index (κ3) is 5.97. The smallest absolute Gasteiger partial charge is 0.164 e. The van der Waals surface area contributed by atoms with Gasteiger partial charge in [0.25, 0.3) is 0 Å². The van der Waals surface area contributed by atoms with E-state index < -0.39 is 0 Å². The molecule has 1 aliphatic rings. The second kappa shape index (κ2) is 14.3. The summed E-state index contributed by atoms with van der Waals surface area (Å²) in [5.41, 5.74) is 18.0. The molecule has 9 aromatic carbocycles. The highest BCUT2D eigenvalue weighted by atomic mass is 16.3. The first kappa shape index (κ1) is 37.2. The molecule has 13 rings (SSSR count). The van der Waals surface area contributed by atoms with Gasteiger partial charge in [-0.05, 0) is 98.1 Å². The zero-order chi connectivity index (χ0) is 43.2. The van der Waals surface area contributed by atoms with Crippen molar-refractivity contribution < 1.29 is 8.83 Å². The number of aromatic nitrogens is 3. The van der Waals surface area contributed by atoms with Crippen LogP contribution in [0.1, 0.15) is 25.0 Å². The zero-order valence-corrected chi connectivity index (χ0v) is 35.7. The molecule has 306 valence electrons. The third-order valence-electron chi connectivity index (χ3n) is 13.4. The Bertz CT molecular complexity index is 3860. The van der Waals surface area contributed by atoms with Gasteiger partial charge in [-0.15, -0.1) is 0 Å². The molecule has 0 spiro atoms. The molecule has 0 saturated carbocycles. The number of para-hydroxylation sites is 1. The van der Waals surface area contributed by atoms with Gasteiger partial charge < -0.3 is 8.83 Å². The average molecular weight is 834 g/mol. The summed E-state index contributed by atoms with van der Waals surface area (Å²) in [6, 6.07) is 70.2. The lowest BCUT2D eigenvalue weighted by atomic mass is 9.82. The van der Waals surface area contributed by atoms with Gasteiger partial charge in [0.05, 0.1) is 0 Å². The van der Waals surface area contributed by atoms with E-state index in [9.17, 15) is 0 Å². The van der Waals surface area contributed by atoms with Gasteiger partial charge in [-0.2, -0.15) is 0 Å². The lowest BCUT2D eigenvalue weighted by Crippen LogP contribution is -2.14. The van der Waals surface area contributed by atoms with Gasteiger partial charge in [-0.1, -0.05) is 172 Å². The van der Waals surface area contributed by atoms with Crippen LogP contribution < -0.4 is 0 Å². The summed E-state index contributed by atoms with van der Waals surface area (Å²) in [6.45, 7) is 4.66. The number of benzene rings is 9. The van der Waals surface area contributed by atoms with Crippen molar-refractivity contribution in [2.75, 3.05) is 0 Å². The molecule has 0 N–H and O–H groups in total. The Morgan fingerprint density at radius 1 is 0.323 bits per heavy atom. The minimum atomic E-state index is -0.0504. The van der Waals surface area contributed by atoms with Gasteiger partial charge in [0.15, 0.2) is 17.5 Å². The Morgan fingerprint density at radius 3 is 1.74 bits per heavy atom. The Morgan fingerprint density at radius 2 is 0.862 bits per heavy atom. The number of fused-ring (bicyclic) bond motifs is 9. The van der Waals surface area contributed by atoms with Crippen molar-refractivity contribution in [1.82, 2.24) is 15.0 Å². The first-order valence-electron chi connectivity index (χ1n) is 22.1. The normalized spacial score (nSPS) is 12.9. The maximum absolute atomic E-state index is 6.56.